The molecule has 0 bridgehead atoms. The van der Waals surface area contributed by atoms with Crippen LogP contribution in [0, 0.1) is 29.9 Å². The number of rotatable bonds is 4. The minimum Gasteiger partial charge on any atom is -0.354 e. The molecule has 1 aliphatic carbocycles. The van der Waals surface area contributed by atoms with Gasteiger partial charge >= 0.3 is 0 Å². The van der Waals surface area contributed by atoms with Crippen molar-refractivity contribution >= 4 is 16.8 Å². The van der Waals surface area contributed by atoms with Gasteiger partial charge in [0.15, 0.2) is 5.79 Å². The molecule has 1 spiro atoms. The molecule has 1 saturated heterocycles. The Morgan fingerprint density at radius 2 is 2.00 bits per heavy atom. The lowest BCUT2D eigenvalue weighted by Gasteiger charge is -2.47. The van der Waals surface area contributed by atoms with E-state index in [1.54, 1.807) is 0 Å². The average Bonchev–Trinajstić information content (AvgIpc) is 3.42. The number of carbonyl (C=O) groups excluding carboxylic acids is 1. The molecular weight excluding hydrogens is 426 g/mol. The number of amides is 1. The third-order valence-corrected chi connectivity index (χ3v) is 7.69. The average molecular weight is 457 g/mol. The van der Waals surface area contributed by atoms with Gasteiger partial charge in [0.1, 0.15) is 11.6 Å². The fraction of sp³-hybridized carbons (Fsp3) is 0.577. The van der Waals surface area contributed by atoms with Gasteiger partial charge in [-0.2, -0.15) is 0 Å². The molecule has 2 aromatic rings. The van der Waals surface area contributed by atoms with Gasteiger partial charge in [0.05, 0.1) is 24.8 Å². The van der Waals surface area contributed by atoms with Gasteiger partial charge in [0.2, 0.25) is 0 Å². The highest BCUT2D eigenvalue weighted by Crippen LogP contribution is 2.49. The number of nitrogens with zero attached hydrogens (tertiary/aromatic N) is 1. The van der Waals surface area contributed by atoms with E-state index in [2.05, 4.69) is 17.8 Å². The van der Waals surface area contributed by atoms with E-state index in [-0.39, 0.29) is 23.9 Å². The highest BCUT2D eigenvalue weighted by molar-refractivity contribution is 5.94. The van der Waals surface area contributed by atoms with Crippen molar-refractivity contribution in [2.45, 2.75) is 76.2 Å². The van der Waals surface area contributed by atoms with Crippen LogP contribution >= 0.6 is 0 Å². The summed E-state index contributed by atoms with van der Waals surface area (Å²) in [5.41, 5.74) is 2.00. The van der Waals surface area contributed by atoms with E-state index in [0.717, 1.165) is 62.3 Å². The van der Waals surface area contributed by atoms with Gasteiger partial charge in [-0.1, -0.05) is 19.8 Å². The molecule has 3 heterocycles. The molecule has 2 fully saturated rings. The number of fused-ring (bicyclic) bond motifs is 3. The number of H-pyrrole nitrogens is 1. The minimum atomic E-state index is -0.617. The zero-order chi connectivity index (χ0) is 23.2. The number of hydrogen-bond donors (Lipinski definition) is 1. The van der Waals surface area contributed by atoms with E-state index >= 15 is 0 Å². The Balaban J connectivity index is 1.59. The van der Waals surface area contributed by atoms with Crippen molar-refractivity contribution in [1.29, 1.82) is 0 Å². The maximum Gasteiger partial charge on any atom is 0.299 e. The number of nitrogens with one attached hydrogen (secondary N) is 1. The first kappa shape index (κ1) is 22.4. The molecule has 1 N–H and O–H groups in total. The SMILES string of the molecule is C#CC(=O)N1[C@@H](CCCC)Cc2c([nH]c3c(F)cc(F)cc23)[C@@H]1C1CCC2(CC1)OCCO2. The lowest BCUT2D eigenvalue weighted by molar-refractivity contribution is -0.186. The number of terminal acetylenes is 1. The van der Waals surface area contributed by atoms with Crippen LogP contribution in [0.4, 0.5) is 8.78 Å². The smallest absolute Gasteiger partial charge is 0.299 e. The summed E-state index contributed by atoms with van der Waals surface area (Å²) in [6.45, 7) is 3.31. The van der Waals surface area contributed by atoms with Crippen LogP contribution in [0.1, 0.15) is 69.2 Å². The lowest BCUT2D eigenvalue weighted by Crippen LogP contribution is -2.50. The first-order valence-electron chi connectivity index (χ1n) is 12.0. The molecule has 1 saturated carbocycles. The molecule has 2 atom stereocenters. The van der Waals surface area contributed by atoms with E-state index in [1.165, 1.54) is 6.07 Å². The summed E-state index contributed by atoms with van der Waals surface area (Å²) in [5.74, 6) is 0.372. The van der Waals surface area contributed by atoms with Crippen molar-refractivity contribution in [2.24, 2.45) is 5.92 Å². The standard InChI is InChI=1S/C26H30F2N2O3/c1-3-5-6-18-15-20-19-13-17(27)14-21(28)23(19)29-24(20)25(30(18)22(31)4-2)16-7-9-26(10-8-16)32-11-12-33-26/h2,13-14,16,18,25,29H,3,5-12,15H2,1H3/t18-,25-/m0/s1. The van der Waals surface area contributed by atoms with E-state index in [0.29, 0.717) is 30.5 Å². The van der Waals surface area contributed by atoms with Crippen molar-refractivity contribution in [3.63, 3.8) is 0 Å². The second kappa shape index (κ2) is 8.73. The Morgan fingerprint density at radius 1 is 1.27 bits per heavy atom. The second-order valence-corrected chi connectivity index (χ2v) is 9.57. The van der Waals surface area contributed by atoms with Crippen LogP contribution in [0.5, 0.6) is 0 Å². The van der Waals surface area contributed by atoms with Crippen molar-refractivity contribution in [1.82, 2.24) is 9.88 Å². The van der Waals surface area contributed by atoms with Gasteiger partial charge in [0, 0.05) is 36.0 Å². The highest BCUT2D eigenvalue weighted by Gasteiger charge is 2.47. The molecule has 176 valence electrons. The largest absolute Gasteiger partial charge is 0.354 e. The molecule has 2 aliphatic heterocycles. The molecule has 7 heteroatoms. The second-order valence-electron chi connectivity index (χ2n) is 9.57. The summed E-state index contributed by atoms with van der Waals surface area (Å²) in [4.78, 5) is 18.2. The van der Waals surface area contributed by atoms with Gasteiger partial charge in [-0.05, 0) is 49.2 Å². The molecule has 0 unspecified atom stereocenters. The van der Waals surface area contributed by atoms with Gasteiger partial charge in [0.25, 0.3) is 5.91 Å². The number of ether oxygens (including phenoxy) is 2. The molecule has 3 aliphatic rings. The molecule has 0 radical (unpaired) electrons. The van der Waals surface area contributed by atoms with Crippen molar-refractivity contribution in [3.8, 4) is 12.3 Å². The Labute approximate surface area is 192 Å². The normalized spacial score (nSPS) is 24.8. The number of halogens is 2. The first-order valence-corrected chi connectivity index (χ1v) is 12.0. The summed E-state index contributed by atoms with van der Waals surface area (Å²) >= 11 is 0. The van der Waals surface area contributed by atoms with E-state index in [9.17, 15) is 13.6 Å². The first-order chi connectivity index (χ1) is 16.0. The topological polar surface area (TPSA) is 54.6 Å². The fourth-order valence-electron chi connectivity index (χ4n) is 6.16. The minimum absolute atomic E-state index is 0.105. The van der Waals surface area contributed by atoms with Crippen LogP contribution in [0.25, 0.3) is 10.9 Å². The van der Waals surface area contributed by atoms with Crippen LogP contribution in [-0.2, 0) is 20.7 Å². The molecular formula is C26H30F2N2O3. The fourth-order valence-corrected chi connectivity index (χ4v) is 6.16. The number of hydrogen-bond acceptors (Lipinski definition) is 3. The van der Waals surface area contributed by atoms with Crippen LogP contribution in [-0.4, -0.2) is 40.8 Å². The van der Waals surface area contributed by atoms with Crippen molar-refractivity contribution in [3.05, 3.63) is 35.0 Å². The number of aromatic nitrogens is 1. The number of unbranched alkanes of at least 4 members (excludes halogenated alkanes) is 1. The van der Waals surface area contributed by atoms with Crippen LogP contribution < -0.4 is 0 Å². The maximum atomic E-state index is 14.7. The lowest BCUT2D eigenvalue weighted by atomic mass is 9.75. The Morgan fingerprint density at radius 3 is 2.67 bits per heavy atom. The van der Waals surface area contributed by atoms with Gasteiger partial charge in [-0.15, -0.1) is 6.42 Å². The Kier molecular flexibility index (Phi) is 5.92. The molecule has 5 rings (SSSR count). The van der Waals surface area contributed by atoms with Crippen LogP contribution in [0.2, 0.25) is 0 Å². The highest BCUT2D eigenvalue weighted by atomic mass is 19.1. The summed E-state index contributed by atoms with van der Waals surface area (Å²) in [6.07, 6.45) is 12.0. The van der Waals surface area contributed by atoms with Gasteiger partial charge in [-0.3, -0.25) is 4.79 Å². The van der Waals surface area contributed by atoms with Crippen molar-refractivity contribution < 1.29 is 23.0 Å². The number of aromatic amines is 1. The van der Waals surface area contributed by atoms with Crippen LogP contribution in [0.15, 0.2) is 12.1 Å². The molecule has 1 amide bonds. The summed E-state index contributed by atoms with van der Waals surface area (Å²) < 4.78 is 40.7. The van der Waals surface area contributed by atoms with Gasteiger partial charge < -0.3 is 19.4 Å². The quantitative estimate of drug-likeness (QED) is 0.659. The third-order valence-electron chi connectivity index (χ3n) is 7.69. The zero-order valence-electron chi connectivity index (χ0n) is 19.0. The van der Waals surface area contributed by atoms with E-state index in [4.69, 9.17) is 15.9 Å². The van der Waals surface area contributed by atoms with Crippen LogP contribution in [0.3, 0.4) is 0 Å². The number of carbonyl (C=O) groups is 1. The monoisotopic (exact) mass is 456 g/mol. The van der Waals surface area contributed by atoms with Crippen molar-refractivity contribution in [2.75, 3.05) is 13.2 Å². The zero-order valence-corrected chi connectivity index (χ0v) is 19.0. The predicted molar refractivity (Wildman–Crippen MR) is 120 cm³/mol. The molecule has 5 nitrogen and oxygen atoms in total. The third kappa shape index (κ3) is 3.83. The molecule has 1 aromatic heterocycles. The Hall–Kier alpha value is -2.43. The van der Waals surface area contributed by atoms with E-state index < -0.39 is 17.4 Å². The molecule has 1 aromatic carbocycles. The van der Waals surface area contributed by atoms with E-state index in [1.807, 2.05) is 4.90 Å². The maximum absolute atomic E-state index is 14.7. The Bertz CT molecular complexity index is 1090. The number of benzene rings is 1. The summed E-state index contributed by atoms with van der Waals surface area (Å²) in [6, 6.07) is 1.88. The predicted octanol–water partition coefficient (Wildman–Crippen LogP) is 5.00. The summed E-state index contributed by atoms with van der Waals surface area (Å²) in [5, 5.41) is 0.566. The van der Waals surface area contributed by atoms with Gasteiger partial charge in [-0.25, -0.2) is 8.78 Å². The molecule has 33 heavy (non-hydrogen) atoms. The summed E-state index contributed by atoms with van der Waals surface area (Å²) in [7, 11) is 0.